The van der Waals surface area contributed by atoms with E-state index in [9.17, 15) is 0 Å². The van der Waals surface area contributed by atoms with Gasteiger partial charge in [-0.15, -0.1) is 0 Å². The van der Waals surface area contributed by atoms with Crippen LogP contribution < -0.4 is 9.47 Å². The monoisotopic (exact) mass is 304 g/mol. The molecular weight excluding hydrogens is 284 g/mol. The second-order valence-corrected chi connectivity index (χ2v) is 5.45. The van der Waals surface area contributed by atoms with Crippen molar-refractivity contribution in [3.05, 3.63) is 23.3 Å². The Bertz CT molecular complexity index is 580. The first kappa shape index (κ1) is 15.6. The molecule has 1 heterocycles. The number of methoxy groups -OCH3 is 2. The average Bonchev–Trinajstić information content (AvgIpc) is 2.53. The molecule has 1 aliphatic rings. The van der Waals surface area contributed by atoms with Gasteiger partial charge in [-0.3, -0.25) is 0 Å². The zero-order chi connectivity index (χ0) is 15.4. The lowest BCUT2D eigenvalue weighted by molar-refractivity contribution is 0.298. The largest absolute Gasteiger partial charge is 0.493 e. The first-order valence-corrected chi connectivity index (χ1v) is 7.48. The van der Waals surface area contributed by atoms with Crippen molar-refractivity contribution >= 4 is 17.2 Å². The molecule has 0 N–H and O–H groups in total. The van der Waals surface area contributed by atoms with E-state index in [1.54, 1.807) is 14.2 Å². The van der Waals surface area contributed by atoms with Gasteiger partial charge in [0.25, 0.3) is 0 Å². The molecule has 0 saturated heterocycles. The van der Waals surface area contributed by atoms with Crippen LogP contribution in [0.2, 0.25) is 0 Å². The van der Waals surface area contributed by atoms with Gasteiger partial charge >= 0.3 is 0 Å². The van der Waals surface area contributed by atoms with Crippen molar-refractivity contribution in [3.63, 3.8) is 0 Å². The summed E-state index contributed by atoms with van der Waals surface area (Å²) < 4.78 is 10.8. The van der Waals surface area contributed by atoms with Gasteiger partial charge in [0.15, 0.2) is 11.5 Å². The molecular formula is C16H20N2O2S. The first-order chi connectivity index (χ1) is 10.2. The van der Waals surface area contributed by atoms with Crippen molar-refractivity contribution in [1.82, 2.24) is 4.90 Å². The van der Waals surface area contributed by atoms with Gasteiger partial charge < -0.3 is 14.4 Å². The van der Waals surface area contributed by atoms with E-state index in [2.05, 4.69) is 17.9 Å². The summed E-state index contributed by atoms with van der Waals surface area (Å²) in [5.41, 5.74) is 2.33. The van der Waals surface area contributed by atoms with E-state index < -0.39 is 0 Å². The Morgan fingerprint density at radius 3 is 2.62 bits per heavy atom. The topological polar surface area (TPSA) is 45.5 Å². The zero-order valence-corrected chi connectivity index (χ0v) is 13.5. The minimum Gasteiger partial charge on any atom is -0.493 e. The Labute approximate surface area is 131 Å². The van der Waals surface area contributed by atoms with E-state index in [4.69, 9.17) is 27.0 Å². The van der Waals surface area contributed by atoms with E-state index in [1.165, 1.54) is 5.56 Å². The van der Waals surface area contributed by atoms with Crippen LogP contribution in [0.1, 0.15) is 36.9 Å². The Morgan fingerprint density at radius 2 is 2.05 bits per heavy atom. The Kier molecular flexibility index (Phi) is 5.03. The molecule has 0 radical (unpaired) electrons. The number of rotatable bonds is 4. The molecule has 0 saturated carbocycles. The highest BCUT2D eigenvalue weighted by molar-refractivity contribution is 7.80. The molecule has 5 heteroatoms. The van der Waals surface area contributed by atoms with Crippen LogP contribution in [0.15, 0.2) is 12.1 Å². The number of nitrogens with zero attached hydrogens (tertiary/aromatic N) is 2. The van der Waals surface area contributed by atoms with Gasteiger partial charge in [0.2, 0.25) is 0 Å². The summed E-state index contributed by atoms with van der Waals surface area (Å²) in [5, 5.41) is 9.17. The number of nitriles is 1. The lowest BCUT2D eigenvalue weighted by Crippen LogP contribution is -2.38. The molecule has 0 spiro atoms. The van der Waals surface area contributed by atoms with Gasteiger partial charge in [0, 0.05) is 6.54 Å². The molecule has 112 valence electrons. The van der Waals surface area contributed by atoms with Crippen LogP contribution >= 0.6 is 12.2 Å². The quantitative estimate of drug-likeness (QED) is 0.799. The first-order valence-electron chi connectivity index (χ1n) is 7.07. The van der Waals surface area contributed by atoms with E-state index in [-0.39, 0.29) is 6.04 Å². The number of benzene rings is 1. The number of thiocarbonyl (C=S) groups is 1. The predicted octanol–water partition coefficient (Wildman–Crippen LogP) is 3.25. The van der Waals surface area contributed by atoms with Crippen LogP contribution in [0.5, 0.6) is 11.5 Å². The molecule has 4 nitrogen and oxygen atoms in total. The van der Waals surface area contributed by atoms with Crippen molar-refractivity contribution in [1.29, 1.82) is 5.26 Å². The summed E-state index contributed by atoms with van der Waals surface area (Å²) in [6.45, 7) is 2.90. The zero-order valence-electron chi connectivity index (χ0n) is 12.7. The van der Waals surface area contributed by atoms with Crippen molar-refractivity contribution < 1.29 is 9.47 Å². The molecule has 0 amide bonds. The summed E-state index contributed by atoms with van der Waals surface area (Å²) in [6, 6.07) is 6.29. The molecule has 1 aliphatic heterocycles. The third-order valence-electron chi connectivity index (χ3n) is 3.91. The Balaban J connectivity index is 2.48. The van der Waals surface area contributed by atoms with Gasteiger partial charge in [-0.1, -0.05) is 19.1 Å². The number of ether oxygens (including phenoxy) is 2. The molecule has 21 heavy (non-hydrogen) atoms. The average molecular weight is 304 g/mol. The van der Waals surface area contributed by atoms with Crippen LogP contribution in [0, 0.1) is 11.3 Å². The van der Waals surface area contributed by atoms with Crippen molar-refractivity contribution in [2.45, 2.75) is 32.2 Å². The third kappa shape index (κ3) is 2.96. The Morgan fingerprint density at radius 1 is 1.38 bits per heavy atom. The maximum absolute atomic E-state index is 9.17. The molecule has 1 unspecified atom stereocenters. The highest BCUT2D eigenvalue weighted by atomic mass is 32.1. The second kappa shape index (κ2) is 6.77. The van der Waals surface area contributed by atoms with Crippen molar-refractivity contribution in [2.24, 2.45) is 0 Å². The van der Waals surface area contributed by atoms with Gasteiger partial charge in [-0.05, 0) is 36.1 Å². The Hall–Kier alpha value is -1.80. The fourth-order valence-corrected chi connectivity index (χ4v) is 3.05. The predicted molar refractivity (Wildman–Crippen MR) is 85.8 cm³/mol. The highest BCUT2D eigenvalue weighted by Gasteiger charge is 2.29. The SMILES string of the molecule is CCC(=S)N1CCc2cc(OC)c(OC)cc2C1CC#N. The van der Waals surface area contributed by atoms with E-state index in [0.29, 0.717) is 12.2 Å². The van der Waals surface area contributed by atoms with Gasteiger partial charge in [-0.2, -0.15) is 5.26 Å². The van der Waals surface area contributed by atoms with Gasteiger partial charge in [-0.25, -0.2) is 0 Å². The number of hydrogen-bond acceptors (Lipinski definition) is 4. The molecule has 0 fully saturated rings. The summed E-state index contributed by atoms with van der Waals surface area (Å²) in [6.07, 6.45) is 2.14. The van der Waals surface area contributed by atoms with Crippen molar-refractivity contribution in [2.75, 3.05) is 20.8 Å². The summed E-state index contributed by atoms with van der Waals surface area (Å²) >= 11 is 5.47. The van der Waals surface area contributed by atoms with Crippen LogP contribution in [0.4, 0.5) is 0 Å². The van der Waals surface area contributed by atoms with Crippen molar-refractivity contribution in [3.8, 4) is 17.6 Å². The summed E-state index contributed by atoms with van der Waals surface area (Å²) in [7, 11) is 3.26. The molecule has 0 aliphatic carbocycles. The van der Waals surface area contributed by atoms with Crippen LogP contribution in [-0.2, 0) is 6.42 Å². The maximum Gasteiger partial charge on any atom is 0.161 e. The smallest absolute Gasteiger partial charge is 0.161 e. The maximum atomic E-state index is 9.17. The molecule has 0 bridgehead atoms. The van der Waals surface area contributed by atoms with E-state index >= 15 is 0 Å². The summed E-state index contributed by atoms with van der Waals surface area (Å²) in [4.78, 5) is 3.09. The van der Waals surface area contributed by atoms with Gasteiger partial charge in [0.1, 0.15) is 0 Å². The molecule has 0 aromatic heterocycles. The van der Waals surface area contributed by atoms with Crippen LogP contribution in [0.25, 0.3) is 0 Å². The number of fused-ring (bicyclic) bond motifs is 1. The third-order valence-corrected chi connectivity index (χ3v) is 4.43. The van der Waals surface area contributed by atoms with Crippen LogP contribution in [0.3, 0.4) is 0 Å². The second-order valence-electron chi connectivity index (χ2n) is 4.97. The number of hydrogen-bond donors (Lipinski definition) is 0. The molecule has 1 aromatic carbocycles. The molecule has 1 atom stereocenters. The van der Waals surface area contributed by atoms with Crippen LogP contribution in [-0.4, -0.2) is 30.7 Å². The minimum atomic E-state index is 0.00556. The molecule has 1 aromatic rings. The summed E-state index contributed by atoms with van der Waals surface area (Å²) in [5.74, 6) is 1.43. The lowest BCUT2D eigenvalue weighted by Gasteiger charge is -2.38. The van der Waals surface area contributed by atoms with E-state index in [0.717, 1.165) is 35.7 Å². The van der Waals surface area contributed by atoms with Gasteiger partial charge in [0.05, 0.1) is 37.7 Å². The lowest BCUT2D eigenvalue weighted by atomic mass is 9.90. The van der Waals surface area contributed by atoms with E-state index in [1.807, 2.05) is 12.1 Å². The highest BCUT2D eigenvalue weighted by Crippen LogP contribution is 2.39. The normalized spacial score (nSPS) is 16.9. The standard InChI is InChI=1S/C16H20N2O2S/c1-4-16(21)18-8-6-11-9-14(19-2)15(20-3)10-12(11)13(18)5-7-17/h9-10,13H,4-6,8H2,1-3H3. The fourth-order valence-electron chi connectivity index (χ4n) is 2.84. The minimum absolute atomic E-state index is 0.00556. The fraction of sp³-hybridized carbons (Fsp3) is 0.500. The molecule has 2 rings (SSSR count).